The molecule has 5 rings (SSSR count). The van der Waals surface area contributed by atoms with Gasteiger partial charge < -0.3 is 9.64 Å². The van der Waals surface area contributed by atoms with E-state index in [0.29, 0.717) is 31.0 Å². The molecule has 5 heterocycles. The second-order valence-corrected chi connectivity index (χ2v) is 8.80. The summed E-state index contributed by atoms with van der Waals surface area (Å²) in [5.41, 5.74) is 1.77. The highest BCUT2D eigenvalue weighted by Crippen LogP contribution is 2.32. The zero-order chi connectivity index (χ0) is 25.6. The Kier molecular flexibility index (Phi) is 5.85. The fourth-order valence-electron chi connectivity index (χ4n) is 4.34. The number of alkyl halides is 3. The number of likely N-dealkylation sites (tertiary alicyclic amines) is 1. The van der Waals surface area contributed by atoms with Crippen LogP contribution < -0.4 is 4.74 Å². The topological polar surface area (TPSA) is 103 Å². The predicted molar refractivity (Wildman–Crippen MR) is 121 cm³/mol. The van der Waals surface area contributed by atoms with Gasteiger partial charge in [0.15, 0.2) is 18.1 Å². The Morgan fingerprint density at radius 1 is 1.08 bits per heavy atom. The van der Waals surface area contributed by atoms with Crippen LogP contribution in [-0.2, 0) is 11.0 Å². The van der Waals surface area contributed by atoms with Crippen molar-refractivity contribution in [3.63, 3.8) is 0 Å². The largest absolute Gasteiger partial charge is 0.466 e. The first-order chi connectivity index (χ1) is 17.1. The highest BCUT2D eigenvalue weighted by Gasteiger charge is 2.36. The summed E-state index contributed by atoms with van der Waals surface area (Å²) in [5, 5.41) is 16.6. The third kappa shape index (κ3) is 4.60. The molecule has 0 radical (unpaired) electrons. The van der Waals surface area contributed by atoms with E-state index in [0.717, 1.165) is 22.0 Å². The van der Waals surface area contributed by atoms with E-state index in [9.17, 15) is 18.0 Å². The Labute approximate surface area is 203 Å². The van der Waals surface area contributed by atoms with E-state index in [-0.39, 0.29) is 35.7 Å². The van der Waals surface area contributed by atoms with E-state index in [1.54, 1.807) is 27.8 Å². The summed E-state index contributed by atoms with van der Waals surface area (Å²) in [6, 6.07) is 7.76. The Balaban J connectivity index is 1.22. The Hall–Kier alpha value is -4.03. The summed E-state index contributed by atoms with van der Waals surface area (Å²) in [7, 11) is 0. The van der Waals surface area contributed by atoms with E-state index in [1.807, 2.05) is 19.9 Å². The summed E-state index contributed by atoms with van der Waals surface area (Å²) in [6.07, 6.45) is -3.98. The molecular weight excluding hydrogens is 477 g/mol. The Bertz CT molecular complexity index is 1430. The minimum Gasteiger partial charge on any atom is -0.466 e. The average molecular weight is 500 g/mol. The molecule has 0 spiro atoms. The molecule has 1 aliphatic rings. The van der Waals surface area contributed by atoms with E-state index in [2.05, 4.69) is 25.4 Å². The van der Waals surface area contributed by atoms with Gasteiger partial charge in [0.25, 0.3) is 5.91 Å². The van der Waals surface area contributed by atoms with Gasteiger partial charge in [0, 0.05) is 42.5 Å². The molecule has 0 aliphatic carbocycles. The van der Waals surface area contributed by atoms with Crippen molar-refractivity contribution in [1.82, 2.24) is 39.5 Å². The van der Waals surface area contributed by atoms with Crippen molar-refractivity contribution in [2.45, 2.75) is 39.3 Å². The number of hydrogen-bond donors (Lipinski definition) is 0. The normalized spacial score (nSPS) is 16.2. The van der Waals surface area contributed by atoms with Crippen LogP contribution in [0.3, 0.4) is 0 Å². The van der Waals surface area contributed by atoms with Crippen molar-refractivity contribution in [3.8, 4) is 11.7 Å². The smallest absolute Gasteiger partial charge is 0.433 e. The first-order valence-electron chi connectivity index (χ1n) is 11.3. The monoisotopic (exact) mass is 500 g/mol. The maximum atomic E-state index is 13.4. The summed E-state index contributed by atoms with van der Waals surface area (Å²) in [4.78, 5) is 18.5. The molecule has 1 aliphatic heterocycles. The molecule has 4 aromatic heterocycles. The number of hydrogen-bond acceptors (Lipinski definition) is 7. The maximum absolute atomic E-state index is 13.4. The van der Waals surface area contributed by atoms with Gasteiger partial charge in [-0.1, -0.05) is 0 Å². The third-order valence-corrected chi connectivity index (χ3v) is 6.02. The second-order valence-electron chi connectivity index (χ2n) is 8.80. The molecule has 36 heavy (non-hydrogen) atoms. The lowest BCUT2D eigenvalue weighted by molar-refractivity contribution is -0.142. The van der Waals surface area contributed by atoms with Crippen molar-refractivity contribution in [1.29, 1.82) is 0 Å². The Morgan fingerprint density at radius 2 is 1.89 bits per heavy atom. The number of rotatable bonds is 5. The summed E-state index contributed by atoms with van der Waals surface area (Å²) in [6.45, 7) is 5.85. The van der Waals surface area contributed by atoms with Crippen LogP contribution in [0, 0.1) is 20.8 Å². The van der Waals surface area contributed by atoms with Gasteiger partial charge in [-0.25, -0.2) is 14.2 Å². The van der Waals surface area contributed by atoms with Gasteiger partial charge in [-0.05, 0) is 45.4 Å². The first-order valence-corrected chi connectivity index (χ1v) is 11.3. The van der Waals surface area contributed by atoms with Gasteiger partial charge >= 0.3 is 6.18 Å². The van der Waals surface area contributed by atoms with Gasteiger partial charge in [-0.15, -0.1) is 10.2 Å². The van der Waals surface area contributed by atoms with E-state index in [1.165, 1.54) is 6.92 Å². The maximum Gasteiger partial charge on any atom is 0.433 e. The highest BCUT2D eigenvalue weighted by atomic mass is 19.4. The molecule has 0 aromatic carbocycles. The molecule has 1 fully saturated rings. The van der Waals surface area contributed by atoms with Gasteiger partial charge in [0.05, 0.1) is 11.4 Å². The van der Waals surface area contributed by atoms with Crippen molar-refractivity contribution < 1.29 is 22.7 Å². The quantitative estimate of drug-likeness (QED) is 0.415. The third-order valence-electron chi connectivity index (χ3n) is 6.02. The SMILES string of the molecule is Cc1cc(C(F)(F)F)n2nc(C3CCN(C(=O)COc4ccc(-n5nc(C)cc5C)nn4)C3)cc2n1. The second kappa shape index (κ2) is 8.88. The molecule has 0 N–H and O–H groups in total. The average Bonchev–Trinajstić information content (AvgIpc) is 3.54. The molecule has 1 saturated heterocycles. The van der Waals surface area contributed by atoms with E-state index < -0.39 is 11.9 Å². The summed E-state index contributed by atoms with van der Waals surface area (Å²) < 4.78 is 48.3. The van der Waals surface area contributed by atoms with Crippen LogP contribution in [0.5, 0.6) is 5.88 Å². The molecule has 1 amide bonds. The van der Waals surface area contributed by atoms with Crippen LogP contribution >= 0.6 is 0 Å². The minimum atomic E-state index is -4.55. The van der Waals surface area contributed by atoms with Gasteiger partial charge in [-0.2, -0.15) is 23.4 Å². The number of amides is 1. The first kappa shape index (κ1) is 23.7. The van der Waals surface area contributed by atoms with Gasteiger partial charge in [-0.3, -0.25) is 4.79 Å². The number of carbonyl (C=O) groups excluding carboxylic acids is 1. The van der Waals surface area contributed by atoms with Crippen molar-refractivity contribution >= 4 is 11.6 Å². The van der Waals surface area contributed by atoms with Crippen LogP contribution in [0.25, 0.3) is 11.5 Å². The number of carbonyl (C=O) groups is 1. The number of halogens is 3. The van der Waals surface area contributed by atoms with Crippen molar-refractivity contribution in [3.05, 3.63) is 58.8 Å². The zero-order valence-electron chi connectivity index (χ0n) is 19.8. The molecule has 10 nitrogen and oxygen atoms in total. The number of aryl methyl sites for hydroxylation is 3. The molecule has 0 saturated carbocycles. The highest BCUT2D eigenvalue weighted by molar-refractivity contribution is 5.78. The summed E-state index contributed by atoms with van der Waals surface area (Å²) in [5.74, 6) is 0.283. The molecule has 1 unspecified atom stereocenters. The number of aromatic nitrogens is 7. The van der Waals surface area contributed by atoms with Crippen LogP contribution in [-0.4, -0.2) is 65.1 Å². The van der Waals surface area contributed by atoms with Crippen LogP contribution in [0.1, 0.15) is 40.8 Å². The van der Waals surface area contributed by atoms with Gasteiger partial charge in [0.1, 0.15) is 5.69 Å². The summed E-state index contributed by atoms with van der Waals surface area (Å²) >= 11 is 0. The van der Waals surface area contributed by atoms with Crippen molar-refractivity contribution in [2.75, 3.05) is 19.7 Å². The molecule has 4 aromatic rings. The number of fused-ring (bicyclic) bond motifs is 1. The molecular formula is C23H23F3N8O2. The Morgan fingerprint density at radius 3 is 2.56 bits per heavy atom. The lowest BCUT2D eigenvalue weighted by Crippen LogP contribution is -2.33. The fourth-order valence-corrected chi connectivity index (χ4v) is 4.34. The molecule has 0 bridgehead atoms. The lowest BCUT2D eigenvalue weighted by atomic mass is 10.1. The zero-order valence-corrected chi connectivity index (χ0v) is 19.8. The standard InChI is InChI=1S/C23H23F3N8O2/c1-13-9-18(23(24,25)26)34-20(27-13)10-17(31-34)16-6-7-32(11-16)22(35)12-36-21-5-4-19(28-29-21)33-15(3)8-14(2)30-33/h4-5,8-10,16H,6-7,11-12H2,1-3H3. The lowest BCUT2D eigenvalue weighted by Gasteiger charge is -2.16. The van der Waals surface area contributed by atoms with Crippen LogP contribution in [0.15, 0.2) is 30.3 Å². The molecule has 13 heteroatoms. The van der Waals surface area contributed by atoms with E-state index in [4.69, 9.17) is 4.74 Å². The molecule has 188 valence electrons. The van der Waals surface area contributed by atoms with Crippen LogP contribution in [0.4, 0.5) is 13.2 Å². The molecule has 1 atom stereocenters. The number of nitrogens with zero attached hydrogens (tertiary/aromatic N) is 8. The van der Waals surface area contributed by atoms with E-state index >= 15 is 0 Å². The van der Waals surface area contributed by atoms with Gasteiger partial charge in [0.2, 0.25) is 5.88 Å². The predicted octanol–water partition coefficient (Wildman–Crippen LogP) is 3.04. The van der Waals surface area contributed by atoms with Crippen LogP contribution in [0.2, 0.25) is 0 Å². The van der Waals surface area contributed by atoms with Crippen molar-refractivity contribution in [2.24, 2.45) is 0 Å². The fraction of sp³-hybridized carbons (Fsp3) is 0.391. The number of ether oxygens (including phenoxy) is 1. The minimum absolute atomic E-state index is 0.132.